The van der Waals surface area contributed by atoms with E-state index < -0.39 is 0 Å². The first-order valence-corrected chi connectivity index (χ1v) is 4.19. The van der Waals surface area contributed by atoms with Crippen LogP contribution in [-0.4, -0.2) is 18.1 Å². The fraction of sp³-hybridized carbons (Fsp3) is 0.300. The number of ether oxygens (including phenoxy) is 1. The third-order valence-corrected chi connectivity index (χ3v) is 1.82. The highest BCUT2D eigenvalue weighted by molar-refractivity contribution is 5.90. The van der Waals surface area contributed by atoms with Crippen molar-refractivity contribution in [3.05, 3.63) is 17.7 Å². The summed E-state index contributed by atoms with van der Waals surface area (Å²) in [5, 5.41) is 12.0. The van der Waals surface area contributed by atoms with Gasteiger partial charge in [0, 0.05) is 13.0 Å². The maximum atomic E-state index is 10.8. The molecule has 0 saturated carbocycles. The predicted molar refractivity (Wildman–Crippen MR) is 53.7 cm³/mol. The molecule has 0 radical (unpaired) electrons. The van der Waals surface area contributed by atoms with E-state index in [1.165, 1.54) is 14.0 Å². The number of aromatic hydroxyl groups is 1. The zero-order chi connectivity index (χ0) is 10.7. The lowest BCUT2D eigenvalue weighted by molar-refractivity contribution is -0.114. The summed E-state index contributed by atoms with van der Waals surface area (Å²) in [5.41, 5.74) is 1.18. The molecule has 1 amide bonds. The molecule has 0 aromatic heterocycles. The SMILES string of the molecule is COc1cc(NC(C)=O)c(O)cc1C. The van der Waals surface area contributed by atoms with Crippen molar-refractivity contribution in [2.45, 2.75) is 13.8 Å². The molecule has 0 unspecified atom stereocenters. The number of carbonyl (C=O) groups is 1. The Kier molecular flexibility index (Phi) is 2.96. The van der Waals surface area contributed by atoms with Crippen molar-refractivity contribution in [3.8, 4) is 11.5 Å². The van der Waals surface area contributed by atoms with Crippen molar-refractivity contribution in [3.63, 3.8) is 0 Å². The molecule has 4 nitrogen and oxygen atoms in total. The molecule has 0 aliphatic rings. The van der Waals surface area contributed by atoms with Crippen molar-refractivity contribution < 1.29 is 14.6 Å². The first-order valence-electron chi connectivity index (χ1n) is 4.19. The van der Waals surface area contributed by atoms with Gasteiger partial charge in [0.25, 0.3) is 0 Å². The zero-order valence-corrected chi connectivity index (χ0v) is 8.42. The average molecular weight is 195 g/mol. The Morgan fingerprint density at radius 2 is 2.14 bits per heavy atom. The molecule has 4 heteroatoms. The van der Waals surface area contributed by atoms with E-state index in [4.69, 9.17) is 4.74 Å². The molecular weight excluding hydrogens is 182 g/mol. The molecular formula is C10H13NO3. The number of hydrogen-bond acceptors (Lipinski definition) is 3. The van der Waals surface area contributed by atoms with Gasteiger partial charge >= 0.3 is 0 Å². The van der Waals surface area contributed by atoms with Gasteiger partial charge in [0.15, 0.2) is 0 Å². The standard InChI is InChI=1S/C10H13NO3/c1-6-4-9(13)8(11-7(2)12)5-10(6)14-3/h4-5,13H,1-3H3,(H,11,12). The number of hydrogen-bond donors (Lipinski definition) is 2. The number of phenols is 1. The number of methoxy groups -OCH3 is 1. The molecule has 0 fully saturated rings. The minimum Gasteiger partial charge on any atom is -0.506 e. The van der Waals surface area contributed by atoms with Gasteiger partial charge in [0.05, 0.1) is 12.8 Å². The number of carbonyl (C=O) groups excluding carboxylic acids is 1. The Morgan fingerprint density at radius 3 is 2.64 bits per heavy atom. The van der Waals surface area contributed by atoms with Gasteiger partial charge in [-0.3, -0.25) is 4.79 Å². The molecule has 0 atom stereocenters. The first-order chi connectivity index (χ1) is 6.54. The Hall–Kier alpha value is -1.71. The zero-order valence-electron chi connectivity index (χ0n) is 8.42. The largest absolute Gasteiger partial charge is 0.506 e. The third kappa shape index (κ3) is 2.16. The molecule has 0 bridgehead atoms. The van der Waals surface area contributed by atoms with Crippen LogP contribution in [0.2, 0.25) is 0 Å². The molecule has 1 aromatic rings. The van der Waals surface area contributed by atoms with E-state index >= 15 is 0 Å². The number of phenolic OH excluding ortho intramolecular Hbond substituents is 1. The lowest BCUT2D eigenvalue weighted by Gasteiger charge is -2.10. The molecule has 0 heterocycles. The number of benzene rings is 1. The van der Waals surface area contributed by atoms with Gasteiger partial charge < -0.3 is 15.2 Å². The lowest BCUT2D eigenvalue weighted by Crippen LogP contribution is -2.06. The second kappa shape index (κ2) is 4.00. The molecule has 0 aliphatic carbocycles. The fourth-order valence-electron chi connectivity index (χ4n) is 1.18. The summed E-state index contributed by atoms with van der Waals surface area (Å²) >= 11 is 0. The quantitative estimate of drug-likeness (QED) is 0.706. The van der Waals surface area contributed by atoms with Crippen molar-refractivity contribution >= 4 is 11.6 Å². The van der Waals surface area contributed by atoms with Crippen LogP contribution in [0.25, 0.3) is 0 Å². The molecule has 0 saturated heterocycles. The molecule has 1 rings (SSSR count). The number of rotatable bonds is 2. The maximum Gasteiger partial charge on any atom is 0.221 e. The summed E-state index contributed by atoms with van der Waals surface area (Å²) in [7, 11) is 1.54. The van der Waals surface area contributed by atoms with E-state index in [-0.39, 0.29) is 11.7 Å². The van der Waals surface area contributed by atoms with Crippen molar-refractivity contribution in [1.82, 2.24) is 0 Å². The molecule has 0 aliphatic heterocycles. The van der Waals surface area contributed by atoms with Crippen LogP contribution in [0.5, 0.6) is 11.5 Å². The van der Waals surface area contributed by atoms with E-state index in [9.17, 15) is 9.90 Å². The van der Waals surface area contributed by atoms with Crippen LogP contribution in [-0.2, 0) is 4.79 Å². The molecule has 2 N–H and O–H groups in total. The van der Waals surface area contributed by atoms with E-state index in [0.717, 1.165) is 5.56 Å². The Labute approximate surface area is 82.5 Å². The van der Waals surface area contributed by atoms with Crippen LogP contribution in [0.3, 0.4) is 0 Å². The maximum absolute atomic E-state index is 10.8. The van der Waals surface area contributed by atoms with E-state index in [2.05, 4.69) is 5.32 Å². The van der Waals surface area contributed by atoms with Gasteiger partial charge in [-0.15, -0.1) is 0 Å². The first kappa shape index (κ1) is 10.4. The van der Waals surface area contributed by atoms with Crippen molar-refractivity contribution in [2.75, 3.05) is 12.4 Å². The highest BCUT2D eigenvalue weighted by Crippen LogP contribution is 2.31. The second-order valence-electron chi connectivity index (χ2n) is 3.02. The lowest BCUT2D eigenvalue weighted by atomic mass is 10.2. The van der Waals surface area contributed by atoms with E-state index in [1.807, 2.05) is 6.92 Å². The summed E-state index contributed by atoms with van der Waals surface area (Å²) in [6.07, 6.45) is 0. The normalized spacial score (nSPS) is 9.64. The summed E-state index contributed by atoms with van der Waals surface area (Å²) in [4.78, 5) is 10.8. The van der Waals surface area contributed by atoms with Gasteiger partial charge in [0.1, 0.15) is 11.5 Å². The molecule has 0 spiro atoms. The highest BCUT2D eigenvalue weighted by Gasteiger charge is 2.07. The van der Waals surface area contributed by atoms with Gasteiger partial charge in [-0.2, -0.15) is 0 Å². The molecule has 76 valence electrons. The Balaban J connectivity index is 3.10. The van der Waals surface area contributed by atoms with Crippen LogP contribution in [0, 0.1) is 6.92 Å². The monoisotopic (exact) mass is 195 g/mol. The summed E-state index contributed by atoms with van der Waals surface area (Å²) in [6, 6.07) is 3.14. The van der Waals surface area contributed by atoms with Gasteiger partial charge in [-0.1, -0.05) is 0 Å². The summed E-state index contributed by atoms with van der Waals surface area (Å²) < 4.78 is 5.06. The number of nitrogens with one attached hydrogen (secondary N) is 1. The second-order valence-corrected chi connectivity index (χ2v) is 3.02. The van der Waals surface area contributed by atoms with Crippen molar-refractivity contribution in [1.29, 1.82) is 0 Å². The topological polar surface area (TPSA) is 58.6 Å². The molecule has 14 heavy (non-hydrogen) atoms. The Bertz CT molecular complexity index is 361. The average Bonchev–Trinajstić information content (AvgIpc) is 2.09. The number of aryl methyl sites for hydroxylation is 1. The van der Waals surface area contributed by atoms with Gasteiger partial charge in [-0.25, -0.2) is 0 Å². The molecule has 1 aromatic carbocycles. The van der Waals surface area contributed by atoms with Gasteiger partial charge in [0.2, 0.25) is 5.91 Å². The fourth-order valence-corrected chi connectivity index (χ4v) is 1.18. The van der Waals surface area contributed by atoms with Crippen molar-refractivity contribution in [2.24, 2.45) is 0 Å². The summed E-state index contributed by atoms with van der Waals surface area (Å²) in [5.74, 6) is 0.441. The smallest absolute Gasteiger partial charge is 0.221 e. The number of amides is 1. The van der Waals surface area contributed by atoms with Crippen LogP contribution in [0.4, 0.5) is 5.69 Å². The third-order valence-electron chi connectivity index (χ3n) is 1.82. The highest BCUT2D eigenvalue weighted by atomic mass is 16.5. The predicted octanol–water partition coefficient (Wildman–Crippen LogP) is 1.67. The number of anilines is 1. The Morgan fingerprint density at radius 1 is 1.50 bits per heavy atom. The summed E-state index contributed by atoms with van der Waals surface area (Å²) in [6.45, 7) is 3.20. The minimum absolute atomic E-state index is 0.0403. The van der Waals surface area contributed by atoms with Gasteiger partial charge in [-0.05, 0) is 18.6 Å². The van der Waals surface area contributed by atoms with E-state index in [0.29, 0.717) is 11.4 Å². The van der Waals surface area contributed by atoms with Crippen LogP contribution < -0.4 is 10.1 Å². The van der Waals surface area contributed by atoms with E-state index in [1.54, 1.807) is 12.1 Å². The van der Waals surface area contributed by atoms with Crippen LogP contribution in [0.1, 0.15) is 12.5 Å². The minimum atomic E-state index is -0.230. The van der Waals surface area contributed by atoms with Crippen LogP contribution >= 0.6 is 0 Å². The van der Waals surface area contributed by atoms with Crippen LogP contribution in [0.15, 0.2) is 12.1 Å².